The molecule has 0 aliphatic heterocycles. The van der Waals surface area contributed by atoms with E-state index in [0.717, 1.165) is 16.5 Å². The standard InChI is InChI=1S/C12H18BrN3O/c1-4-7(2)10(14)12(17)16-11-8(3)5-9(13)6-15-11/h5-7,10H,4,14H2,1-3H3,(H,15,16,17). The summed E-state index contributed by atoms with van der Waals surface area (Å²) in [4.78, 5) is 16.0. The maximum Gasteiger partial charge on any atom is 0.242 e. The molecular weight excluding hydrogens is 282 g/mol. The third kappa shape index (κ3) is 3.78. The quantitative estimate of drug-likeness (QED) is 0.897. The molecule has 5 heteroatoms. The minimum Gasteiger partial charge on any atom is -0.320 e. The van der Waals surface area contributed by atoms with Crippen LogP contribution in [0.2, 0.25) is 0 Å². The zero-order valence-corrected chi connectivity index (χ0v) is 11.9. The van der Waals surface area contributed by atoms with Crippen molar-refractivity contribution in [3.8, 4) is 0 Å². The second-order valence-corrected chi connectivity index (χ2v) is 5.14. The van der Waals surface area contributed by atoms with Gasteiger partial charge in [0, 0.05) is 10.7 Å². The lowest BCUT2D eigenvalue weighted by Gasteiger charge is -2.18. The topological polar surface area (TPSA) is 68.0 Å². The molecule has 3 N–H and O–H groups in total. The number of rotatable bonds is 4. The van der Waals surface area contributed by atoms with E-state index in [4.69, 9.17) is 5.73 Å². The number of anilines is 1. The predicted molar refractivity (Wildman–Crippen MR) is 72.7 cm³/mol. The van der Waals surface area contributed by atoms with Crippen molar-refractivity contribution in [3.63, 3.8) is 0 Å². The number of hydrogen-bond donors (Lipinski definition) is 2. The van der Waals surface area contributed by atoms with E-state index in [1.807, 2.05) is 26.8 Å². The van der Waals surface area contributed by atoms with E-state index < -0.39 is 6.04 Å². The van der Waals surface area contributed by atoms with Crippen LogP contribution in [0.3, 0.4) is 0 Å². The second kappa shape index (κ2) is 6.12. The number of nitrogens with zero attached hydrogens (tertiary/aromatic N) is 1. The fraction of sp³-hybridized carbons (Fsp3) is 0.500. The lowest BCUT2D eigenvalue weighted by molar-refractivity contribution is -0.118. The van der Waals surface area contributed by atoms with Gasteiger partial charge in [0.2, 0.25) is 5.91 Å². The Labute approximate surface area is 110 Å². The Morgan fingerprint density at radius 3 is 2.82 bits per heavy atom. The number of halogens is 1. The number of amides is 1. The van der Waals surface area contributed by atoms with Crippen LogP contribution in [-0.2, 0) is 4.79 Å². The SMILES string of the molecule is CCC(C)C(N)C(=O)Nc1ncc(Br)cc1C. The summed E-state index contributed by atoms with van der Waals surface area (Å²) in [6.45, 7) is 5.87. The third-order valence-electron chi connectivity index (χ3n) is 2.85. The number of hydrogen-bond acceptors (Lipinski definition) is 3. The van der Waals surface area contributed by atoms with Gasteiger partial charge >= 0.3 is 0 Å². The molecule has 2 unspecified atom stereocenters. The molecule has 0 fully saturated rings. The van der Waals surface area contributed by atoms with E-state index in [9.17, 15) is 4.79 Å². The highest BCUT2D eigenvalue weighted by atomic mass is 79.9. The summed E-state index contributed by atoms with van der Waals surface area (Å²) >= 11 is 3.33. The molecule has 0 aliphatic carbocycles. The largest absolute Gasteiger partial charge is 0.320 e. The van der Waals surface area contributed by atoms with Gasteiger partial charge in [-0.05, 0) is 40.4 Å². The molecule has 0 saturated heterocycles. The first-order chi connectivity index (χ1) is 7.95. The van der Waals surface area contributed by atoms with Crippen molar-refractivity contribution in [2.75, 3.05) is 5.32 Å². The number of nitrogens with two attached hydrogens (primary N) is 1. The first-order valence-corrected chi connectivity index (χ1v) is 6.43. The molecule has 94 valence electrons. The van der Waals surface area contributed by atoms with Crippen LogP contribution >= 0.6 is 15.9 Å². The lowest BCUT2D eigenvalue weighted by Crippen LogP contribution is -2.40. The summed E-state index contributed by atoms with van der Waals surface area (Å²) in [5.74, 6) is 0.542. The van der Waals surface area contributed by atoms with Crippen LogP contribution in [0.1, 0.15) is 25.8 Å². The Morgan fingerprint density at radius 2 is 2.29 bits per heavy atom. The number of carbonyl (C=O) groups excluding carboxylic acids is 1. The molecule has 0 spiro atoms. The molecule has 0 aliphatic rings. The maximum atomic E-state index is 11.9. The molecule has 2 atom stereocenters. The molecular formula is C12H18BrN3O. The van der Waals surface area contributed by atoms with Crippen molar-refractivity contribution >= 4 is 27.7 Å². The van der Waals surface area contributed by atoms with Crippen LogP contribution in [0.5, 0.6) is 0 Å². The highest BCUT2D eigenvalue weighted by Crippen LogP contribution is 2.17. The number of pyridine rings is 1. The summed E-state index contributed by atoms with van der Waals surface area (Å²) in [7, 11) is 0. The zero-order chi connectivity index (χ0) is 13.0. The molecule has 1 aromatic heterocycles. The molecule has 4 nitrogen and oxygen atoms in total. The molecule has 0 bridgehead atoms. The van der Waals surface area contributed by atoms with Gasteiger partial charge in [-0.15, -0.1) is 0 Å². The predicted octanol–water partition coefficient (Wildman–Crippen LogP) is 2.46. The summed E-state index contributed by atoms with van der Waals surface area (Å²) < 4.78 is 0.888. The minimum atomic E-state index is -0.496. The van der Waals surface area contributed by atoms with Crippen LogP contribution in [0.25, 0.3) is 0 Å². The Kier molecular flexibility index (Phi) is 5.08. The van der Waals surface area contributed by atoms with Crippen LogP contribution < -0.4 is 11.1 Å². The molecule has 0 saturated carbocycles. The Balaban J connectivity index is 2.74. The molecule has 0 radical (unpaired) electrons. The maximum absolute atomic E-state index is 11.9. The summed E-state index contributed by atoms with van der Waals surface area (Å²) in [6.07, 6.45) is 2.53. The van der Waals surface area contributed by atoms with E-state index in [2.05, 4.69) is 26.2 Å². The van der Waals surface area contributed by atoms with Gasteiger partial charge in [0.25, 0.3) is 0 Å². The van der Waals surface area contributed by atoms with Crippen LogP contribution in [0.4, 0.5) is 5.82 Å². The smallest absolute Gasteiger partial charge is 0.242 e. The molecule has 1 rings (SSSR count). The molecule has 0 aromatic carbocycles. The number of carbonyl (C=O) groups is 1. The Morgan fingerprint density at radius 1 is 1.65 bits per heavy atom. The van der Waals surface area contributed by atoms with E-state index in [1.54, 1.807) is 6.20 Å². The Hall–Kier alpha value is -0.940. The van der Waals surface area contributed by atoms with E-state index in [-0.39, 0.29) is 11.8 Å². The Bertz CT molecular complexity index is 409. The van der Waals surface area contributed by atoms with Crippen LogP contribution in [-0.4, -0.2) is 16.9 Å². The highest BCUT2D eigenvalue weighted by Gasteiger charge is 2.20. The van der Waals surface area contributed by atoms with E-state index in [1.165, 1.54) is 0 Å². The van der Waals surface area contributed by atoms with Crippen molar-refractivity contribution in [3.05, 3.63) is 22.3 Å². The summed E-state index contributed by atoms with van der Waals surface area (Å²) in [5, 5.41) is 2.76. The first-order valence-electron chi connectivity index (χ1n) is 5.64. The normalized spacial score (nSPS) is 14.2. The summed E-state index contributed by atoms with van der Waals surface area (Å²) in [6, 6.07) is 1.40. The van der Waals surface area contributed by atoms with Crippen LogP contribution in [0, 0.1) is 12.8 Å². The van der Waals surface area contributed by atoms with Crippen molar-refractivity contribution < 1.29 is 4.79 Å². The zero-order valence-electron chi connectivity index (χ0n) is 10.3. The number of aryl methyl sites for hydroxylation is 1. The minimum absolute atomic E-state index is 0.158. The van der Waals surface area contributed by atoms with Gasteiger partial charge in [-0.2, -0.15) is 0 Å². The number of nitrogens with one attached hydrogen (secondary N) is 1. The van der Waals surface area contributed by atoms with Gasteiger partial charge in [0.05, 0.1) is 6.04 Å². The van der Waals surface area contributed by atoms with E-state index >= 15 is 0 Å². The van der Waals surface area contributed by atoms with Crippen molar-refractivity contribution in [1.82, 2.24) is 4.98 Å². The fourth-order valence-corrected chi connectivity index (χ4v) is 1.83. The van der Waals surface area contributed by atoms with Crippen molar-refractivity contribution in [1.29, 1.82) is 0 Å². The second-order valence-electron chi connectivity index (χ2n) is 4.22. The molecule has 17 heavy (non-hydrogen) atoms. The molecule has 1 heterocycles. The van der Waals surface area contributed by atoms with Gasteiger partial charge in [0.1, 0.15) is 5.82 Å². The fourth-order valence-electron chi connectivity index (χ4n) is 1.38. The van der Waals surface area contributed by atoms with Gasteiger partial charge in [0.15, 0.2) is 0 Å². The first kappa shape index (κ1) is 14.1. The van der Waals surface area contributed by atoms with Crippen LogP contribution in [0.15, 0.2) is 16.7 Å². The van der Waals surface area contributed by atoms with E-state index in [0.29, 0.717) is 5.82 Å². The van der Waals surface area contributed by atoms with Gasteiger partial charge in [-0.3, -0.25) is 4.79 Å². The lowest BCUT2D eigenvalue weighted by atomic mass is 9.99. The van der Waals surface area contributed by atoms with Gasteiger partial charge in [-0.1, -0.05) is 20.3 Å². The van der Waals surface area contributed by atoms with Crippen molar-refractivity contribution in [2.24, 2.45) is 11.7 Å². The highest BCUT2D eigenvalue weighted by molar-refractivity contribution is 9.10. The molecule has 1 aromatic rings. The van der Waals surface area contributed by atoms with Gasteiger partial charge in [-0.25, -0.2) is 4.98 Å². The number of aromatic nitrogens is 1. The monoisotopic (exact) mass is 299 g/mol. The average molecular weight is 300 g/mol. The summed E-state index contributed by atoms with van der Waals surface area (Å²) in [5.41, 5.74) is 6.76. The third-order valence-corrected chi connectivity index (χ3v) is 3.28. The average Bonchev–Trinajstić information content (AvgIpc) is 2.30. The van der Waals surface area contributed by atoms with Gasteiger partial charge < -0.3 is 11.1 Å². The molecule has 1 amide bonds. The van der Waals surface area contributed by atoms with Crippen molar-refractivity contribution in [2.45, 2.75) is 33.2 Å².